The van der Waals surface area contributed by atoms with E-state index in [1.54, 1.807) is 10.6 Å². The van der Waals surface area contributed by atoms with Gasteiger partial charge in [-0.15, -0.1) is 0 Å². The van der Waals surface area contributed by atoms with Crippen LogP contribution in [0.25, 0.3) is 22.6 Å². The van der Waals surface area contributed by atoms with Gasteiger partial charge in [-0.2, -0.15) is 4.98 Å². The Kier molecular flexibility index (Phi) is 4.41. The molecular formula is C21H23N5O4. The van der Waals surface area contributed by atoms with E-state index in [9.17, 15) is 14.4 Å². The Bertz CT molecular complexity index is 1450. The maximum absolute atomic E-state index is 13.3. The summed E-state index contributed by atoms with van der Waals surface area (Å²) in [4.78, 5) is 42.7. The molecule has 0 amide bonds. The number of rotatable bonds is 3. The van der Waals surface area contributed by atoms with Gasteiger partial charge >= 0.3 is 11.7 Å². The van der Waals surface area contributed by atoms with Crippen molar-refractivity contribution in [1.82, 2.24) is 23.1 Å². The van der Waals surface area contributed by atoms with Crippen LogP contribution in [-0.2, 0) is 16.6 Å². The molecular weight excluding hydrogens is 386 g/mol. The molecule has 3 aromatic heterocycles. The number of imidazole rings is 2. The highest BCUT2D eigenvalue weighted by molar-refractivity contribution is 5.78. The van der Waals surface area contributed by atoms with Crippen LogP contribution < -0.4 is 11.2 Å². The highest BCUT2D eigenvalue weighted by Crippen LogP contribution is 2.22. The van der Waals surface area contributed by atoms with E-state index in [2.05, 4.69) is 11.1 Å². The molecule has 9 heteroatoms. The van der Waals surface area contributed by atoms with E-state index in [0.29, 0.717) is 5.78 Å². The number of hydrogen-bond acceptors (Lipinski definition) is 5. The SMILES string of the molecule is COC(=O)[C@@H](C)n1c(=O)c2c(nc3n(-c4ccc(C)c(C)c4)c(C)cn23)n(C)c1=O. The number of carbonyl (C=O) groups excluding carboxylic acids is 1. The summed E-state index contributed by atoms with van der Waals surface area (Å²) in [5.74, 6) is -0.153. The van der Waals surface area contributed by atoms with E-state index >= 15 is 0 Å². The second-order valence-corrected chi connectivity index (χ2v) is 7.54. The number of hydrogen-bond donors (Lipinski definition) is 0. The van der Waals surface area contributed by atoms with Gasteiger partial charge in [0.25, 0.3) is 5.56 Å². The summed E-state index contributed by atoms with van der Waals surface area (Å²) in [5.41, 5.74) is 3.38. The van der Waals surface area contributed by atoms with E-state index in [1.165, 1.54) is 31.2 Å². The molecule has 0 fully saturated rings. The van der Waals surface area contributed by atoms with Gasteiger partial charge in [-0.25, -0.2) is 14.2 Å². The van der Waals surface area contributed by atoms with Crippen molar-refractivity contribution in [2.45, 2.75) is 33.7 Å². The number of benzene rings is 1. The lowest BCUT2D eigenvalue weighted by Gasteiger charge is -2.13. The molecule has 4 aromatic rings. The third kappa shape index (κ3) is 2.62. The number of carbonyl (C=O) groups is 1. The molecule has 156 valence electrons. The van der Waals surface area contributed by atoms with E-state index < -0.39 is 23.3 Å². The monoisotopic (exact) mass is 409 g/mol. The average molecular weight is 409 g/mol. The van der Waals surface area contributed by atoms with Crippen molar-refractivity contribution in [3.8, 4) is 5.69 Å². The van der Waals surface area contributed by atoms with Gasteiger partial charge in [0.2, 0.25) is 5.78 Å². The van der Waals surface area contributed by atoms with Crippen LogP contribution in [0.5, 0.6) is 0 Å². The summed E-state index contributed by atoms with van der Waals surface area (Å²) in [6.07, 6.45) is 1.80. The third-order valence-electron chi connectivity index (χ3n) is 5.65. The standard InChI is InChI=1S/C21H23N5O4/c1-11-7-8-15(9-12(11)2)25-13(3)10-24-16-17(22-20(24)25)23(5)21(29)26(18(16)27)14(4)19(28)30-6/h7-10,14H,1-6H3/t14-/m1/s1. The first-order valence-electron chi connectivity index (χ1n) is 9.54. The van der Waals surface area contributed by atoms with Crippen molar-refractivity contribution >= 4 is 22.9 Å². The van der Waals surface area contributed by atoms with E-state index in [1.807, 2.05) is 37.5 Å². The van der Waals surface area contributed by atoms with Crippen LogP contribution >= 0.6 is 0 Å². The molecule has 4 rings (SSSR count). The molecule has 0 aliphatic heterocycles. The van der Waals surface area contributed by atoms with Crippen LogP contribution in [0.1, 0.15) is 29.8 Å². The zero-order chi connectivity index (χ0) is 21.9. The molecule has 0 spiro atoms. The van der Waals surface area contributed by atoms with Crippen LogP contribution in [0.4, 0.5) is 0 Å². The first-order chi connectivity index (χ1) is 14.2. The fraction of sp³-hybridized carbons (Fsp3) is 0.333. The quantitative estimate of drug-likeness (QED) is 0.481. The Morgan fingerprint density at radius 1 is 1.13 bits per heavy atom. The Hall–Kier alpha value is -3.62. The second-order valence-electron chi connectivity index (χ2n) is 7.54. The summed E-state index contributed by atoms with van der Waals surface area (Å²) < 4.78 is 10.5. The predicted octanol–water partition coefficient (Wildman–Crippen LogP) is 1.80. The molecule has 1 atom stereocenters. The van der Waals surface area contributed by atoms with E-state index in [-0.39, 0.29) is 11.2 Å². The molecule has 0 saturated carbocycles. The second kappa shape index (κ2) is 6.72. The number of aryl methyl sites for hydroxylation is 4. The maximum atomic E-state index is 13.3. The highest BCUT2D eigenvalue weighted by Gasteiger charge is 2.26. The Labute approximate surface area is 171 Å². The van der Waals surface area contributed by atoms with Gasteiger partial charge in [0, 0.05) is 24.6 Å². The normalized spacial score (nSPS) is 12.6. The summed E-state index contributed by atoms with van der Waals surface area (Å²) >= 11 is 0. The zero-order valence-corrected chi connectivity index (χ0v) is 17.8. The lowest BCUT2D eigenvalue weighted by atomic mass is 10.1. The topological polar surface area (TPSA) is 92.5 Å². The lowest BCUT2D eigenvalue weighted by Crippen LogP contribution is -2.43. The molecule has 9 nitrogen and oxygen atoms in total. The molecule has 0 saturated heterocycles. The molecule has 0 radical (unpaired) electrons. The fourth-order valence-electron chi connectivity index (χ4n) is 3.78. The number of fused-ring (bicyclic) bond motifs is 3. The van der Waals surface area contributed by atoms with Gasteiger partial charge in [-0.3, -0.25) is 18.3 Å². The average Bonchev–Trinajstić information content (AvgIpc) is 3.22. The van der Waals surface area contributed by atoms with Crippen LogP contribution in [-0.4, -0.2) is 36.2 Å². The summed E-state index contributed by atoms with van der Waals surface area (Å²) in [7, 11) is 2.75. The Morgan fingerprint density at radius 2 is 1.83 bits per heavy atom. The van der Waals surface area contributed by atoms with Crippen molar-refractivity contribution in [3.05, 3.63) is 62.1 Å². The van der Waals surface area contributed by atoms with Crippen molar-refractivity contribution in [3.63, 3.8) is 0 Å². The van der Waals surface area contributed by atoms with E-state index in [4.69, 9.17) is 4.74 Å². The van der Waals surface area contributed by atoms with Gasteiger partial charge in [-0.1, -0.05) is 6.07 Å². The number of aromatic nitrogens is 5. The van der Waals surface area contributed by atoms with Gasteiger partial charge in [0.15, 0.2) is 11.2 Å². The first kappa shape index (κ1) is 19.7. The molecule has 0 aliphatic rings. The summed E-state index contributed by atoms with van der Waals surface area (Å²) in [6, 6.07) is 5.02. The molecule has 30 heavy (non-hydrogen) atoms. The molecule has 3 heterocycles. The molecule has 0 unspecified atom stereocenters. The van der Waals surface area contributed by atoms with Crippen LogP contribution in [0.2, 0.25) is 0 Å². The molecule has 0 N–H and O–H groups in total. The number of nitrogens with zero attached hydrogens (tertiary/aromatic N) is 5. The minimum atomic E-state index is -1.06. The van der Waals surface area contributed by atoms with Crippen molar-refractivity contribution in [2.75, 3.05) is 7.11 Å². The van der Waals surface area contributed by atoms with Gasteiger partial charge in [0.05, 0.1) is 7.11 Å². The largest absolute Gasteiger partial charge is 0.467 e. The van der Waals surface area contributed by atoms with Crippen molar-refractivity contribution < 1.29 is 9.53 Å². The fourth-order valence-corrected chi connectivity index (χ4v) is 3.78. The van der Waals surface area contributed by atoms with Gasteiger partial charge in [0.1, 0.15) is 6.04 Å². The van der Waals surface area contributed by atoms with Crippen molar-refractivity contribution in [2.24, 2.45) is 7.05 Å². The smallest absolute Gasteiger partial charge is 0.333 e. The maximum Gasteiger partial charge on any atom is 0.333 e. The third-order valence-corrected chi connectivity index (χ3v) is 5.65. The molecule has 0 aliphatic carbocycles. The van der Waals surface area contributed by atoms with E-state index in [0.717, 1.165) is 21.5 Å². The Balaban J connectivity index is 2.10. The van der Waals surface area contributed by atoms with Crippen LogP contribution in [0.3, 0.4) is 0 Å². The van der Waals surface area contributed by atoms with Crippen LogP contribution in [0, 0.1) is 20.8 Å². The summed E-state index contributed by atoms with van der Waals surface area (Å²) in [6.45, 7) is 7.47. The summed E-state index contributed by atoms with van der Waals surface area (Å²) in [5, 5.41) is 0. The van der Waals surface area contributed by atoms with Crippen LogP contribution in [0.15, 0.2) is 34.0 Å². The lowest BCUT2D eigenvalue weighted by molar-refractivity contribution is -0.144. The minimum Gasteiger partial charge on any atom is -0.467 e. The number of ether oxygens (including phenoxy) is 1. The zero-order valence-electron chi connectivity index (χ0n) is 17.8. The van der Waals surface area contributed by atoms with Crippen molar-refractivity contribution in [1.29, 1.82) is 0 Å². The predicted molar refractivity (Wildman–Crippen MR) is 112 cm³/mol. The molecule has 0 bridgehead atoms. The van der Waals surface area contributed by atoms with Gasteiger partial charge < -0.3 is 4.74 Å². The Morgan fingerprint density at radius 3 is 2.47 bits per heavy atom. The number of methoxy groups -OCH3 is 1. The first-order valence-corrected chi connectivity index (χ1v) is 9.54. The number of esters is 1. The highest BCUT2D eigenvalue weighted by atomic mass is 16.5. The molecule has 1 aromatic carbocycles. The minimum absolute atomic E-state index is 0.230. The van der Waals surface area contributed by atoms with Gasteiger partial charge in [-0.05, 0) is 51.0 Å².